The third-order valence-corrected chi connectivity index (χ3v) is 2.73. The first-order chi connectivity index (χ1) is 9.99. The van der Waals surface area contributed by atoms with Gasteiger partial charge >= 0.3 is 5.97 Å². The van der Waals surface area contributed by atoms with Crippen molar-refractivity contribution < 1.29 is 19.6 Å². The van der Waals surface area contributed by atoms with Crippen molar-refractivity contribution >= 4 is 22.6 Å². The highest BCUT2D eigenvalue weighted by molar-refractivity contribution is 5.92. The van der Waals surface area contributed by atoms with Crippen molar-refractivity contribution in [1.29, 1.82) is 0 Å². The first-order valence-electron chi connectivity index (χ1n) is 6.04. The standard InChI is InChI=1S/C14H12N2O5/c1-9(7-13(17)18)8-21-12-5-4-11(16(19)20)14-10(12)3-2-6-15-14/h2-7H,8H2,1H3,(H,17,18)/b9-7-. The molecule has 0 amide bonds. The maximum absolute atomic E-state index is 11.0. The lowest BCUT2D eigenvalue weighted by Gasteiger charge is -2.09. The summed E-state index contributed by atoms with van der Waals surface area (Å²) < 4.78 is 5.52. The number of carboxylic acids is 1. The lowest BCUT2D eigenvalue weighted by atomic mass is 10.1. The molecule has 0 saturated carbocycles. The Kier molecular flexibility index (Phi) is 4.13. The molecule has 0 atom stereocenters. The van der Waals surface area contributed by atoms with Gasteiger partial charge in [0.05, 0.1) is 4.92 Å². The van der Waals surface area contributed by atoms with Gasteiger partial charge in [0, 0.05) is 23.7 Å². The molecule has 7 heteroatoms. The van der Waals surface area contributed by atoms with Gasteiger partial charge in [0.2, 0.25) is 0 Å². The van der Waals surface area contributed by atoms with E-state index in [1.54, 1.807) is 19.1 Å². The van der Waals surface area contributed by atoms with Crippen molar-refractivity contribution in [3.63, 3.8) is 0 Å². The number of non-ortho nitro benzene ring substituents is 1. The first kappa shape index (κ1) is 14.4. The maximum Gasteiger partial charge on any atom is 0.328 e. The molecule has 1 aromatic carbocycles. The lowest BCUT2D eigenvalue weighted by molar-refractivity contribution is -0.383. The van der Waals surface area contributed by atoms with Gasteiger partial charge in [-0.15, -0.1) is 0 Å². The predicted molar refractivity (Wildman–Crippen MR) is 75.3 cm³/mol. The fraction of sp³-hybridized carbons (Fsp3) is 0.143. The molecule has 0 aliphatic carbocycles. The van der Waals surface area contributed by atoms with Crippen LogP contribution in [0.1, 0.15) is 6.92 Å². The zero-order valence-corrected chi connectivity index (χ0v) is 11.1. The van der Waals surface area contributed by atoms with Gasteiger partial charge in [-0.3, -0.25) is 10.1 Å². The minimum absolute atomic E-state index is 0.0775. The van der Waals surface area contributed by atoms with Crippen molar-refractivity contribution in [1.82, 2.24) is 4.98 Å². The third-order valence-electron chi connectivity index (χ3n) is 2.73. The van der Waals surface area contributed by atoms with Crippen LogP contribution < -0.4 is 4.74 Å². The molecule has 1 N–H and O–H groups in total. The molecule has 0 bridgehead atoms. The number of aliphatic carboxylic acids is 1. The summed E-state index contributed by atoms with van der Waals surface area (Å²) in [5.41, 5.74) is 0.661. The van der Waals surface area contributed by atoms with E-state index < -0.39 is 10.9 Å². The number of nitrogens with zero attached hydrogens (tertiary/aromatic N) is 2. The Hall–Kier alpha value is -2.96. The van der Waals surface area contributed by atoms with Crippen LogP contribution in [0.2, 0.25) is 0 Å². The van der Waals surface area contributed by atoms with Gasteiger partial charge in [0.15, 0.2) is 5.52 Å². The van der Waals surface area contributed by atoms with Gasteiger partial charge in [0.1, 0.15) is 12.4 Å². The number of nitro groups is 1. The van der Waals surface area contributed by atoms with E-state index >= 15 is 0 Å². The molecule has 0 saturated heterocycles. The maximum atomic E-state index is 11.0. The largest absolute Gasteiger partial charge is 0.489 e. The molecule has 0 unspecified atom stereocenters. The number of ether oxygens (including phenoxy) is 1. The second kappa shape index (κ2) is 6.00. The van der Waals surface area contributed by atoms with Crippen LogP contribution >= 0.6 is 0 Å². The number of aromatic nitrogens is 1. The number of carbonyl (C=O) groups is 1. The summed E-state index contributed by atoms with van der Waals surface area (Å²) in [5, 5.41) is 20.1. The fourth-order valence-electron chi connectivity index (χ4n) is 1.85. The monoisotopic (exact) mass is 288 g/mol. The molecule has 1 heterocycles. The molecule has 0 aliphatic heterocycles. The Bertz CT molecular complexity index is 739. The van der Waals surface area contributed by atoms with Crippen LogP contribution in [0.5, 0.6) is 5.75 Å². The van der Waals surface area contributed by atoms with Gasteiger partial charge in [-0.1, -0.05) is 0 Å². The lowest BCUT2D eigenvalue weighted by Crippen LogP contribution is -2.02. The Labute approximate surface area is 119 Å². The van der Waals surface area contributed by atoms with E-state index in [0.717, 1.165) is 6.08 Å². The molecule has 0 aliphatic rings. The smallest absolute Gasteiger partial charge is 0.328 e. The van der Waals surface area contributed by atoms with Crippen molar-refractivity contribution in [2.24, 2.45) is 0 Å². The predicted octanol–water partition coefficient (Wildman–Crippen LogP) is 2.55. The topological polar surface area (TPSA) is 103 Å². The summed E-state index contributed by atoms with van der Waals surface area (Å²) in [6.45, 7) is 1.70. The molecule has 7 nitrogen and oxygen atoms in total. The van der Waals surface area contributed by atoms with Crippen molar-refractivity contribution in [2.75, 3.05) is 6.61 Å². The summed E-state index contributed by atoms with van der Waals surface area (Å²) in [6.07, 6.45) is 2.51. The zero-order valence-electron chi connectivity index (χ0n) is 11.1. The van der Waals surface area contributed by atoms with Crippen molar-refractivity contribution in [3.8, 4) is 5.75 Å². The van der Waals surface area contributed by atoms with E-state index in [2.05, 4.69) is 4.98 Å². The Morgan fingerprint density at radius 1 is 1.48 bits per heavy atom. The molecule has 2 aromatic rings. The Morgan fingerprint density at radius 3 is 2.90 bits per heavy atom. The average Bonchev–Trinajstić information content (AvgIpc) is 2.43. The van der Waals surface area contributed by atoms with Gasteiger partial charge in [-0.25, -0.2) is 9.78 Å². The molecule has 0 radical (unpaired) electrons. The SMILES string of the molecule is C/C(=C/C(=O)O)COc1ccc([N+](=O)[O-])c2ncccc12. The van der Waals surface area contributed by atoms with Crippen LogP contribution in [0.25, 0.3) is 10.9 Å². The molecular weight excluding hydrogens is 276 g/mol. The normalized spacial score (nSPS) is 11.4. The number of pyridine rings is 1. The second-order valence-electron chi connectivity index (χ2n) is 4.36. The molecule has 1 aromatic heterocycles. The third kappa shape index (κ3) is 3.33. The number of carboxylic acid groups (broad SMARTS) is 1. The van der Waals surface area contributed by atoms with Crippen LogP contribution in [0.4, 0.5) is 5.69 Å². The molecule has 2 rings (SSSR count). The van der Waals surface area contributed by atoms with Gasteiger partial charge < -0.3 is 9.84 Å². The van der Waals surface area contributed by atoms with E-state index in [1.807, 2.05) is 0 Å². The fourth-order valence-corrected chi connectivity index (χ4v) is 1.85. The minimum Gasteiger partial charge on any atom is -0.489 e. The van der Waals surface area contributed by atoms with E-state index in [4.69, 9.17) is 9.84 Å². The minimum atomic E-state index is -1.05. The van der Waals surface area contributed by atoms with Gasteiger partial charge in [-0.2, -0.15) is 0 Å². The van der Waals surface area contributed by atoms with Crippen LogP contribution in [-0.2, 0) is 4.79 Å². The number of benzene rings is 1. The Morgan fingerprint density at radius 2 is 2.24 bits per heavy atom. The van der Waals surface area contributed by atoms with Gasteiger partial charge in [-0.05, 0) is 30.7 Å². The summed E-state index contributed by atoms with van der Waals surface area (Å²) in [6, 6.07) is 6.12. The number of hydrogen-bond acceptors (Lipinski definition) is 5. The van der Waals surface area contributed by atoms with Crippen LogP contribution in [0.15, 0.2) is 42.1 Å². The Balaban J connectivity index is 2.36. The number of rotatable bonds is 5. The van der Waals surface area contributed by atoms with E-state index in [9.17, 15) is 14.9 Å². The van der Waals surface area contributed by atoms with Crippen LogP contribution in [-0.4, -0.2) is 27.6 Å². The highest BCUT2D eigenvalue weighted by Crippen LogP contribution is 2.31. The zero-order chi connectivity index (χ0) is 15.4. The second-order valence-corrected chi connectivity index (χ2v) is 4.36. The highest BCUT2D eigenvalue weighted by atomic mass is 16.6. The first-order valence-corrected chi connectivity index (χ1v) is 6.04. The van der Waals surface area contributed by atoms with Crippen LogP contribution in [0.3, 0.4) is 0 Å². The van der Waals surface area contributed by atoms with Crippen molar-refractivity contribution in [2.45, 2.75) is 6.92 Å². The number of hydrogen-bond donors (Lipinski definition) is 1. The molecular formula is C14H12N2O5. The molecule has 21 heavy (non-hydrogen) atoms. The number of nitro benzene ring substituents is 1. The quantitative estimate of drug-likeness (QED) is 0.515. The highest BCUT2D eigenvalue weighted by Gasteiger charge is 2.15. The van der Waals surface area contributed by atoms with Crippen LogP contribution in [0, 0.1) is 10.1 Å². The summed E-state index contributed by atoms with van der Waals surface area (Å²) in [4.78, 5) is 25.0. The summed E-state index contributed by atoms with van der Waals surface area (Å²) >= 11 is 0. The number of fused-ring (bicyclic) bond motifs is 1. The van der Waals surface area contributed by atoms with Crippen molar-refractivity contribution in [3.05, 3.63) is 52.2 Å². The average molecular weight is 288 g/mol. The van der Waals surface area contributed by atoms with Gasteiger partial charge in [0.25, 0.3) is 5.69 Å². The van der Waals surface area contributed by atoms with E-state index in [0.29, 0.717) is 16.7 Å². The molecule has 0 spiro atoms. The summed E-state index contributed by atoms with van der Waals surface area (Å²) in [5.74, 6) is -0.631. The summed E-state index contributed by atoms with van der Waals surface area (Å²) in [7, 11) is 0. The van der Waals surface area contributed by atoms with E-state index in [1.165, 1.54) is 18.3 Å². The molecule has 0 fully saturated rings. The van der Waals surface area contributed by atoms with E-state index in [-0.39, 0.29) is 17.8 Å². The molecule has 108 valence electrons.